The van der Waals surface area contributed by atoms with Crippen molar-refractivity contribution in [3.05, 3.63) is 0 Å². The minimum Gasteiger partial charge on any atom is -0.336 e. The lowest BCUT2D eigenvalue weighted by Crippen LogP contribution is -2.60. The maximum absolute atomic E-state index is 12.2. The lowest BCUT2D eigenvalue weighted by molar-refractivity contribution is -0.152. The highest BCUT2D eigenvalue weighted by Crippen LogP contribution is 2.48. The summed E-state index contributed by atoms with van der Waals surface area (Å²) < 4.78 is 22.6. The van der Waals surface area contributed by atoms with Crippen LogP contribution in [0.5, 0.6) is 0 Å². The fourth-order valence-corrected chi connectivity index (χ4v) is 3.58. The van der Waals surface area contributed by atoms with Gasteiger partial charge in [-0.2, -0.15) is 0 Å². The molecule has 0 aromatic carbocycles. The Morgan fingerprint density at radius 1 is 1.29 bits per heavy atom. The van der Waals surface area contributed by atoms with Crippen molar-refractivity contribution in [3.8, 4) is 0 Å². The maximum atomic E-state index is 12.2. The molecule has 0 atom stereocenters. The van der Waals surface area contributed by atoms with Gasteiger partial charge >= 0.3 is 7.60 Å². The van der Waals surface area contributed by atoms with E-state index >= 15 is 0 Å². The van der Waals surface area contributed by atoms with Gasteiger partial charge in [0.1, 0.15) is 0 Å². The molecule has 17 heavy (non-hydrogen) atoms. The molecule has 0 aromatic heterocycles. The monoisotopic (exact) mass is 263 g/mol. The minimum atomic E-state index is -3.03. The first-order valence-corrected chi connectivity index (χ1v) is 7.76. The Kier molecular flexibility index (Phi) is 4.76. The Morgan fingerprint density at radius 3 is 2.18 bits per heavy atom. The quantitative estimate of drug-likeness (QED) is 0.522. The number of hydrogen-bond acceptors (Lipinski definition) is 4. The second-order valence-corrected chi connectivity index (χ2v) is 6.89. The van der Waals surface area contributed by atoms with Crippen LogP contribution in [-0.4, -0.2) is 42.3 Å². The largest absolute Gasteiger partial charge is 0.336 e. The van der Waals surface area contributed by atoms with Gasteiger partial charge in [0, 0.05) is 18.5 Å². The first-order valence-electron chi connectivity index (χ1n) is 6.03. The SMILES string of the molecule is CCOP(=O)(CCN1C(=O)CC1(C)C)OCC. The van der Waals surface area contributed by atoms with Crippen molar-refractivity contribution in [2.24, 2.45) is 0 Å². The standard InChI is InChI=1S/C11H22NO4P/c1-5-15-17(14,16-6-2)8-7-12-10(13)9-11(12,3)4/h5-9H2,1-4H3. The van der Waals surface area contributed by atoms with Crippen LogP contribution in [0.4, 0.5) is 0 Å². The summed E-state index contributed by atoms with van der Waals surface area (Å²) in [7, 11) is -3.03. The van der Waals surface area contributed by atoms with Crippen molar-refractivity contribution in [3.63, 3.8) is 0 Å². The average molecular weight is 263 g/mol. The van der Waals surface area contributed by atoms with Crippen LogP contribution in [0.3, 0.4) is 0 Å². The molecule has 0 unspecified atom stereocenters. The maximum Gasteiger partial charge on any atom is 0.332 e. The molecule has 0 bridgehead atoms. The van der Waals surface area contributed by atoms with E-state index in [1.54, 1.807) is 18.7 Å². The second-order valence-electron chi connectivity index (χ2n) is 4.70. The van der Waals surface area contributed by atoms with E-state index in [9.17, 15) is 9.36 Å². The van der Waals surface area contributed by atoms with Crippen LogP contribution in [0, 0.1) is 0 Å². The number of nitrogens with zero attached hydrogens (tertiary/aromatic N) is 1. The van der Waals surface area contributed by atoms with Gasteiger partial charge in [0.25, 0.3) is 0 Å². The molecule has 0 aromatic rings. The van der Waals surface area contributed by atoms with Crippen LogP contribution < -0.4 is 0 Å². The Bertz CT molecular complexity index is 319. The van der Waals surface area contributed by atoms with E-state index < -0.39 is 7.60 Å². The Hall–Kier alpha value is -0.380. The van der Waals surface area contributed by atoms with Crippen molar-refractivity contribution < 1.29 is 18.4 Å². The van der Waals surface area contributed by atoms with Gasteiger partial charge in [-0.15, -0.1) is 0 Å². The molecular weight excluding hydrogens is 241 g/mol. The van der Waals surface area contributed by atoms with Gasteiger partial charge in [-0.25, -0.2) is 0 Å². The van der Waals surface area contributed by atoms with E-state index in [-0.39, 0.29) is 17.6 Å². The van der Waals surface area contributed by atoms with Gasteiger partial charge in [-0.1, -0.05) is 0 Å². The summed E-state index contributed by atoms with van der Waals surface area (Å²) in [6.07, 6.45) is 0.824. The Morgan fingerprint density at radius 2 is 1.82 bits per heavy atom. The molecule has 100 valence electrons. The van der Waals surface area contributed by atoms with Gasteiger partial charge in [0.2, 0.25) is 5.91 Å². The number of amides is 1. The molecular formula is C11H22NO4P. The smallest absolute Gasteiger partial charge is 0.332 e. The summed E-state index contributed by atoms with van der Waals surface area (Å²) in [6, 6.07) is 0. The molecule has 1 rings (SSSR count). The third kappa shape index (κ3) is 3.54. The van der Waals surface area contributed by atoms with Crippen LogP contribution in [0.2, 0.25) is 0 Å². The predicted octanol–water partition coefficient (Wildman–Crippen LogP) is 2.26. The molecule has 0 spiro atoms. The summed E-state index contributed by atoms with van der Waals surface area (Å²) in [5.41, 5.74) is -0.125. The second kappa shape index (κ2) is 5.51. The van der Waals surface area contributed by atoms with E-state index in [0.29, 0.717) is 26.2 Å². The summed E-state index contributed by atoms with van der Waals surface area (Å²) in [5, 5.41) is 0. The summed E-state index contributed by atoms with van der Waals surface area (Å²) in [4.78, 5) is 13.2. The zero-order chi connectivity index (χ0) is 13.1. The topological polar surface area (TPSA) is 55.8 Å². The van der Waals surface area contributed by atoms with Gasteiger partial charge < -0.3 is 13.9 Å². The fourth-order valence-electron chi connectivity index (χ4n) is 2.02. The number of carbonyl (C=O) groups excluding carboxylic acids is 1. The summed E-state index contributed by atoms with van der Waals surface area (Å²) in [6.45, 7) is 8.71. The zero-order valence-corrected chi connectivity index (χ0v) is 12.0. The van der Waals surface area contributed by atoms with Gasteiger partial charge in [0.15, 0.2) is 0 Å². The lowest BCUT2D eigenvalue weighted by atomic mass is 9.88. The third-order valence-electron chi connectivity index (χ3n) is 2.86. The first kappa shape index (κ1) is 14.7. The Labute approximate surface area is 103 Å². The number of likely N-dealkylation sites (tertiary alicyclic amines) is 1. The molecule has 1 aliphatic rings. The van der Waals surface area contributed by atoms with Crippen molar-refractivity contribution >= 4 is 13.5 Å². The van der Waals surface area contributed by atoms with Crippen LogP contribution in [-0.2, 0) is 18.4 Å². The molecule has 1 fully saturated rings. The van der Waals surface area contributed by atoms with E-state index in [1.807, 2.05) is 13.8 Å². The highest BCUT2D eigenvalue weighted by atomic mass is 31.2. The lowest BCUT2D eigenvalue weighted by Gasteiger charge is -2.48. The number of rotatable bonds is 7. The first-order chi connectivity index (χ1) is 7.84. The number of carbonyl (C=O) groups is 1. The minimum absolute atomic E-state index is 0.106. The predicted molar refractivity (Wildman–Crippen MR) is 66.1 cm³/mol. The normalized spacial score (nSPS) is 19.3. The third-order valence-corrected chi connectivity index (χ3v) is 4.92. The van der Waals surface area contributed by atoms with Crippen LogP contribution in [0.1, 0.15) is 34.1 Å². The average Bonchev–Trinajstić information content (AvgIpc) is 2.16. The molecule has 5 nitrogen and oxygen atoms in total. The van der Waals surface area contributed by atoms with Crippen molar-refractivity contribution in [1.29, 1.82) is 0 Å². The Balaban J connectivity index is 2.52. The van der Waals surface area contributed by atoms with E-state index in [0.717, 1.165) is 0 Å². The molecule has 1 aliphatic heterocycles. The molecule has 1 heterocycles. The molecule has 1 saturated heterocycles. The number of β-lactam (4-membered cyclic amide) rings is 1. The molecule has 1 amide bonds. The van der Waals surface area contributed by atoms with Gasteiger partial charge in [0.05, 0.1) is 19.4 Å². The van der Waals surface area contributed by atoms with Gasteiger partial charge in [-0.3, -0.25) is 9.36 Å². The van der Waals surface area contributed by atoms with Crippen molar-refractivity contribution in [1.82, 2.24) is 4.90 Å². The zero-order valence-electron chi connectivity index (χ0n) is 11.1. The summed E-state index contributed by atoms with van der Waals surface area (Å²) in [5.74, 6) is 0.106. The van der Waals surface area contributed by atoms with E-state index in [2.05, 4.69) is 0 Å². The molecule has 0 radical (unpaired) electrons. The molecule has 0 N–H and O–H groups in total. The highest BCUT2D eigenvalue weighted by Gasteiger charge is 2.43. The van der Waals surface area contributed by atoms with E-state index in [4.69, 9.17) is 9.05 Å². The molecule has 0 saturated carbocycles. The van der Waals surface area contributed by atoms with Gasteiger partial charge in [-0.05, 0) is 27.7 Å². The van der Waals surface area contributed by atoms with Crippen LogP contribution in [0.25, 0.3) is 0 Å². The van der Waals surface area contributed by atoms with Crippen LogP contribution in [0.15, 0.2) is 0 Å². The number of hydrogen-bond donors (Lipinski definition) is 0. The summed E-state index contributed by atoms with van der Waals surface area (Å²) >= 11 is 0. The molecule has 0 aliphatic carbocycles. The van der Waals surface area contributed by atoms with Crippen molar-refractivity contribution in [2.45, 2.75) is 39.7 Å². The highest BCUT2D eigenvalue weighted by molar-refractivity contribution is 7.53. The van der Waals surface area contributed by atoms with Crippen molar-refractivity contribution in [2.75, 3.05) is 25.9 Å². The fraction of sp³-hybridized carbons (Fsp3) is 0.909. The van der Waals surface area contributed by atoms with Crippen LogP contribution >= 0.6 is 7.60 Å². The molecule has 6 heteroatoms. The van der Waals surface area contributed by atoms with E-state index in [1.165, 1.54) is 0 Å².